The van der Waals surface area contributed by atoms with E-state index in [1.54, 1.807) is 12.1 Å². The van der Waals surface area contributed by atoms with Crippen LogP contribution in [0.3, 0.4) is 0 Å². The molecule has 0 bridgehead atoms. The fourth-order valence-electron chi connectivity index (χ4n) is 2.91. The number of hydrogen-bond donors (Lipinski definition) is 1. The zero-order valence-electron chi connectivity index (χ0n) is 12.3. The molecule has 3 aromatic rings. The predicted octanol–water partition coefficient (Wildman–Crippen LogP) is 2.25. The van der Waals surface area contributed by atoms with E-state index in [9.17, 15) is 5.11 Å². The Morgan fingerprint density at radius 1 is 1.09 bits per heavy atom. The molecule has 0 amide bonds. The van der Waals surface area contributed by atoms with E-state index in [1.807, 2.05) is 53.6 Å². The fraction of sp³-hybridized carbons (Fsp3) is 0.0526. The van der Waals surface area contributed by atoms with Gasteiger partial charge in [0.25, 0.3) is 0 Å². The maximum absolute atomic E-state index is 10.4. The van der Waals surface area contributed by atoms with Gasteiger partial charge < -0.3 is 10.0 Å². The van der Waals surface area contributed by atoms with Gasteiger partial charge in [-0.25, -0.2) is 0 Å². The first kappa shape index (κ1) is 13.4. The van der Waals surface area contributed by atoms with Crippen molar-refractivity contribution < 1.29 is 5.11 Å². The number of aromatic hydroxyl groups is 1. The van der Waals surface area contributed by atoms with Crippen LogP contribution < -0.4 is 15.5 Å². The summed E-state index contributed by atoms with van der Waals surface area (Å²) in [4.78, 5) is 6.47. The highest BCUT2D eigenvalue weighted by Crippen LogP contribution is 2.35. The van der Waals surface area contributed by atoms with E-state index in [0.29, 0.717) is 12.2 Å². The van der Waals surface area contributed by atoms with Gasteiger partial charge >= 0.3 is 0 Å². The Hall–Kier alpha value is -3.32. The number of nitriles is 1. The van der Waals surface area contributed by atoms with Crippen molar-refractivity contribution >= 4 is 22.7 Å². The molecule has 0 aromatic heterocycles. The van der Waals surface area contributed by atoms with Gasteiger partial charge in [0.15, 0.2) is 0 Å². The first-order chi connectivity index (χ1) is 11.3. The minimum absolute atomic E-state index is 0.218. The summed E-state index contributed by atoms with van der Waals surface area (Å²) in [7, 11) is 0. The first-order valence-electron chi connectivity index (χ1n) is 7.30. The van der Waals surface area contributed by atoms with Gasteiger partial charge in [-0.2, -0.15) is 5.26 Å². The van der Waals surface area contributed by atoms with Gasteiger partial charge in [0, 0.05) is 16.8 Å². The zero-order valence-corrected chi connectivity index (χ0v) is 12.3. The van der Waals surface area contributed by atoms with Crippen molar-refractivity contribution in [3.8, 4) is 11.8 Å². The van der Waals surface area contributed by atoms with E-state index in [0.717, 1.165) is 27.0 Å². The van der Waals surface area contributed by atoms with Gasteiger partial charge in [0.2, 0.25) is 0 Å². The highest BCUT2D eigenvalue weighted by atomic mass is 16.3. The largest absolute Gasteiger partial charge is 0.506 e. The second-order valence-electron chi connectivity index (χ2n) is 5.44. The summed E-state index contributed by atoms with van der Waals surface area (Å²) in [6.45, 7) is 0.431. The molecule has 0 saturated carbocycles. The van der Waals surface area contributed by atoms with Crippen LogP contribution in [0.2, 0.25) is 0 Å². The zero-order chi connectivity index (χ0) is 15.8. The Labute approximate surface area is 132 Å². The lowest BCUT2D eigenvalue weighted by Crippen LogP contribution is -2.36. The van der Waals surface area contributed by atoms with Gasteiger partial charge in [-0.1, -0.05) is 30.3 Å². The normalized spacial score (nSPS) is 12.9. The molecule has 0 atom stereocenters. The molecule has 0 unspecified atom stereocenters. The van der Waals surface area contributed by atoms with Crippen molar-refractivity contribution in [1.29, 1.82) is 5.26 Å². The third-order valence-electron chi connectivity index (χ3n) is 4.01. The van der Waals surface area contributed by atoms with Crippen molar-refractivity contribution in [2.45, 2.75) is 0 Å². The van der Waals surface area contributed by atoms with Gasteiger partial charge in [0.05, 0.1) is 22.7 Å². The SMILES string of the molecule is N#Cc1ccc2c(c1)=CN(c1c(O)ccc3ccccc13)CN=2. The number of rotatable bonds is 1. The topological polar surface area (TPSA) is 59.6 Å². The summed E-state index contributed by atoms with van der Waals surface area (Å²) in [6, 6.07) is 19.1. The summed E-state index contributed by atoms with van der Waals surface area (Å²) < 4.78 is 0. The number of hydrogen-bond acceptors (Lipinski definition) is 4. The molecule has 1 aliphatic heterocycles. The van der Waals surface area contributed by atoms with E-state index in [-0.39, 0.29) is 5.75 Å². The molecule has 23 heavy (non-hydrogen) atoms. The molecule has 4 heteroatoms. The summed E-state index contributed by atoms with van der Waals surface area (Å²) in [6.07, 6.45) is 1.94. The van der Waals surface area contributed by atoms with Crippen molar-refractivity contribution in [1.82, 2.24) is 0 Å². The number of phenolic OH excluding ortho intramolecular Hbond substituents is 1. The molecule has 1 aliphatic rings. The lowest BCUT2D eigenvalue weighted by atomic mass is 10.1. The molecule has 0 radical (unpaired) electrons. The number of fused-ring (bicyclic) bond motifs is 2. The molecule has 110 valence electrons. The van der Waals surface area contributed by atoms with E-state index in [2.05, 4.69) is 11.1 Å². The van der Waals surface area contributed by atoms with Crippen LogP contribution in [0.25, 0.3) is 17.0 Å². The number of nitrogens with zero attached hydrogens (tertiary/aromatic N) is 3. The van der Waals surface area contributed by atoms with Crippen molar-refractivity contribution in [3.05, 3.63) is 70.7 Å². The molecule has 4 nitrogen and oxygen atoms in total. The summed E-state index contributed by atoms with van der Waals surface area (Å²) >= 11 is 0. The minimum Gasteiger partial charge on any atom is -0.506 e. The summed E-state index contributed by atoms with van der Waals surface area (Å²) in [5, 5.41) is 23.2. The van der Waals surface area contributed by atoms with Gasteiger partial charge in [-0.15, -0.1) is 0 Å². The highest BCUT2D eigenvalue weighted by molar-refractivity contribution is 5.98. The standard InChI is InChI=1S/C19H13N3O/c20-10-13-5-7-17-15(9-13)11-22(12-21-17)19-16-4-2-1-3-14(16)6-8-18(19)23/h1-9,11,23H,12H2. The van der Waals surface area contributed by atoms with Crippen LogP contribution in [0.15, 0.2) is 59.6 Å². The third-order valence-corrected chi connectivity index (χ3v) is 4.01. The second kappa shape index (κ2) is 5.15. The van der Waals surface area contributed by atoms with Gasteiger partial charge in [-0.05, 0) is 29.7 Å². The van der Waals surface area contributed by atoms with Crippen LogP contribution in [0.5, 0.6) is 5.75 Å². The Morgan fingerprint density at radius 3 is 2.83 bits per heavy atom. The van der Waals surface area contributed by atoms with E-state index >= 15 is 0 Å². The molecule has 0 saturated heterocycles. The summed E-state index contributed by atoms with van der Waals surface area (Å²) in [5.41, 5.74) is 1.33. The highest BCUT2D eigenvalue weighted by Gasteiger charge is 2.14. The Kier molecular flexibility index (Phi) is 2.99. The molecular formula is C19H13N3O. The van der Waals surface area contributed by atoms with E-state index < -0.39 is 0 Å². The minimum atomic E-state index is 0.218. The smallest absolute Gasteiger partial charge is 0.139 e. The second-order valence-corrected chi connectivity index (χ2v) is 5.44. The van der Waals surface area contributed by atoms with Crippen LogP contribution in [0, 0.1) is 11.3 Å². The maximum Gasteiger partial charge on any atom is 0.139 e. The van der Waals surface area contributed by atoms with Crippen molar-refractivity contribution in [2.24, 2.45) is 4.99 Å². The molecular weight excluding hydrogens is 286 g/mol. The van der Waals surface area contributed by atoms with Crippen LogP contribution in [0.4, 0.5) is 5.69 Å². The molecule has 0 spiro atoms. The Morgan fingerprint density at radius 2 is 1.96 bits per heavy atom. The van der Waals surface area contributed by atoms with E-state index in [1.165, 1.54) is 0 Å². The monoisotopic (exact) mass is 299 g/mol. The third kappa shape index (κ3) is 2.19. The molecule has 0 fully saturated rings. The Balaban J connectivity index is 1.94. The van der Waals surface area contributed by atoms with Gasteiger partial charge in [-0.3, -0.25) is 4.99 Å². The molecule has 0 aliphatic carbocycles. The predicted molar refractivity (Wildman–Crippen MR) is 89.4 cm³/mol. The van der Waals surface area contributed by atoms with Crippen molar-refractivity contribution in [2.75, 3.05) is 11.6 Å². The number of anilines is 1. The number of phenols is 1. The van der Waals surface area contributed by atoms with Crippen LogP contribution in [-0.2, 0) is 0 Å². The fourth-order valence-corrected chi connectivity index (χ4v) is 2.91. The first-order valence-corrected chi connectivity index (χ1v) is 7.30. The van der Waals surface area contributed by atoms with E-state index in [4.69, 9.17) is 5.26 Å². The average Bonchev–Trinajstić information content (AvgIpc) is 2.60. The molecule has 3 aromatic carbocycles. The molecule has 1 heterocycles. The lowest BCUT2D eigenvalue weighted by molar-refractivity contribution is 0.476. The maximum atomic E-state index is 10.4. The summed E-state index contributed by atoms with van der Waals surface area (Å²) in [5.74, 6) is 0.218. The van der Waals surface area contributed by atoms with Gasteiger partial charge in [0.1, 0.15) is 12.4 Å². The molecule has 1 N–H and O–H groups in total. The van der Waals surface area contributed by atoms with Crippen molar-refractivity contribution in [3.63, 3.8) is 0 Å². The lowest BCUT2D eigenvalue weighted by Gasteiger charge is -2.23. The average molecular weight is 299 g/mol. The number of benzene rings is 3. The van der Waals surface area contributed by atoms with Crippen LogP contribution >= 0.6 is 0 Å². The molecule has 4 rings (SSSR count). The quantitative estimate of drug-likeness (QED) is 0.750. The van der Waals surface area contributed by atoms with Crippen LogP contribution in [-0.4, -0.2) is 11.8 Å². The Bertz CT molecular complexity index is 1080. The van der Waals surface area contributed by atoms with Crippen LogP contribution in [0.1, 0.15) is 5.56 Å².